The van der Waals surface area contributed by atoms with Gasteiger partial charge in [0, 0.05) is 41.5 Å². The molecule has 4 aromatic rings. The molecular formula is C22H18N6O3S. The third-order valence-corrected chi connectivity index (χ3v) is 5.61. The van der Waals surface area contributed by atoms with Crippen LogP contribution in [0.15, 0.2) is 84.3 Å². The summed E-state index contributed by atoms with van der Waals surface area (Å²) < 4.78 is 1.89. The van der Waals surface area contributed by atoms with Crippen molar-refractivity contribution in [2.24, 2.45) is 0 Å². The molecule has 0 bridgehead atoms. The standard InChI is InChI=1S/C22H18N6O3S/c1-15(21(29)24-17-9-11-19(12-10-17)28(30)31)32-22-26-25-20(16-6-5-13-23-14-16)27(22)18-7-3-2-4-8-18/h2-15H,1H3,(H,24,29)/t15-/m1/s1. The first-order valence-corrected chi connectivity index (χ1v) is 10.5. The third kappa shape index (κ3) is 4.65. The van der Waals surface area contributed by atoms with Gasteiger partial charge in [-0.3, -0.25) is 24.5 Å². The fraction of sp³-hybridized carbons (Fsp3) is 0.0909. The van der Waals surface area contributed by atoms with Gasteiger partial charge in [0.1, 0.15) is 0 Å². The SMILES string of the molecule is C[C@@H](Sc1nnc(-c2cccnc2)n1-c1ccccc1)C(=O)Nc1ccc([N+](=O)[O-])cc1. The number of para-hydroxylation sites is 1. The predicted octanol–water partition coefficient (Wildman–Crippen LogP) is 4.36. The first kappa shape index (κ1) is 21.2. The first-order chi connectivity index (χ1) is 15.5. The van der Waals surface area contributed by atoms with Gasteiger partial charge in [0.15, 0.2) is 11.0 Å². The lowest BCUT2D eigenvalue weighted by Gasteiger charge is -2.14. The number of nitro groups is 1. The van der Waals surface area contributed by atoms with Gasteiger partial charge in [-0.05, 0) is 43.3 Å². The van der Waals surface area contributed by atoms with Gasteiger partial charge >= 0.3 is 0 Å². The van der Waals surface area contributed by atoms with Crippen LogP contribution in [-0.4, -0.2) is 35.8 Å². The van der Waals surface area contributed by atoms with E-state index in [9.17, 15) is 14.9 Å². The van der Waals surface area contributed by atoms with Crippen molar-refractivity contribution < 1.29 is 9.72 Å². The molecule has 1 amide bonds. The monoisotopic (exact) mass is 446 g/mol. The molecule has 0 unspecified atom stereocenters. The van der Waals surface area contributed by atoms with Crippen LogP contribution in [0.2, 0.25) is 0 Å². The van der Waals surface area contributed by atoms with E-state index in [1.807, 2.05) is 47.0 Å². The Hall–Kier alpha value is -4.05. The molecule has 0 saturated carbocycles. The molecule has 0 fully saturated rings. The molecule has 0 spiro atoms. The van der Waals surface area contributed by atoms with Gasteiger partial charge in [0.2, 0.25) is 5.91 Å². The topological polar surface area (TPSA) is 116 Å². The van der Waals surface area contributed by atoms with Gasteiger partial charge in [-0.1, -0.05) is 30.0 Å². The number of rotatable bonds is 7. The van der Waals surface area contributed by atoms with Crippen LogP contribution in [0, 0.1) is 10.1 Å². The fourth-order valence-corrected chi connectivity index (χ4v) is 3.83. The van der Waals surface area contributed by atoms with E-state index in [1.54, 1.807) is 19.3 Å². The average molecular weight is 446 g/mol. The Morgan fingerprint density at radius 3 is 2.47 bits per heavy atom. The second-order valence-electron chi connectivity index (χ2n) is 6.77. The number of nitrogens with one attached hydrogen (secondary N) is 1. The van der Waals surface area contributed by atoms with Crippen LogP contribution in [0.4, 0.5) is 11.4 Å². The van der Waals surface area contributed by atoms with Crippen molar-refractivity contribution in [3.05, 3.63) is 89.2 Å². The normalized spacial score (nSPS) is 11.7. The number of hydrogen-bond acceptors (Lipinski definition) is 7. The summed E-state index contributed by atoms with van der Waals surface area (Å²) in [7, 11) is 0. The van der Waals surface area contributed by atoms with Crippen molar-refractivity contribution in [3.63, 3.8) is 0 Å². The van der Waals surface area contributed by atoms with Crippen LogP contribution in [0.5, 0.6) is 0 Å². The number of carbonyl (C=O) groups is 1. The molecule has 10 heteroatoms. The molecule has 1 atom stereocenters. The maximum Gasteiger partial charge on any atom is 0.269 e. The number of aromatic nitrogens is 4. The van der Waals surface area contributed by atoms with E-state index in [0.29, 0.717) is 16.7 Å². The fourth-order valence-electron chi connectivity index (χ4n) is 2.96. The molecule has 2 aromatic heterocycles. The highest BCUT2D eigenvalue weighted by atomic mass is 32.2. The highest BCUT2D eigenvalue weighted by Gasteiger charge is 2.22. The second kappa shape index (κ2) is 9.40. The van der Waals surface area contributed by atoms with E-state index in [4.69, 9.17) is 0 Å². The number of non-ortho nitro benzene ring substituents is 1. The van der Waals surface area contributed by atoms with Crippen molar-refractivity contribution >= 4 is 29.0 Å². The van der Waals surface area contributed by atoms with Crippen molar-refractivity contribution in [2.75, 3.05) is 5.32 Å². The Labute approximate surface area is 187 Å². The number of hydrogen-bond donors (Lipinski definition) is 1. The number of amides is 1. The molecule has 0 aliphatic heterocycles. The van der Waals surface area contributed by atoms with Crippen LogP contribution in [-0.2, 0) is 4.79 Å². The Morgan fingerprint density at radius 2 is 1.81 bits per heavy atom. The Morgan fingerprint density at radius 1 is 1.06 bits per heavy atom. The summed E-state index contributed by atoms with van der Waals surface area (Å²) in [6.07, 6.45) is 3.40. The van der Waals surface area contributed by atoms with Gasteiger partial charge < -0.3 is 5.32 Å². The molecule has 1 N–H and O–H groups in total. The molecule has 160 valence electrons. The summed E-state index contributed by atoms with van der Waals surface area (Å²) in [5, 5.41) is 22.3. The maximum atomic E-state index is 12.7. The first-order valence-electron chi connectivity index (χ1n) is 9.66. The van der Waals surface area contributed by atoms with E-state index in [0.717, 1.165) is 11.3 Å². The number of thioether (sulfide) groups is 1. The predicted molar refractivity (Wildman–Crippen MR) is 122 cm³/mol. The van der Waals surface area contributed by atoms with Crippen LogP contribution < -0.4 is 5.32 Å². The van der Waals surface area contributed by atoms with Crippen LogP contribution in [0.3, 0.4) is 0 Å². The summed E-state index contributed by atoms with van der Waals surface area (Å²) in [5.74, 6) is 0.365. The maximum absolute atomic E-state index is 12.7. The van der Waals surface area contributed by atoms with E-state index in [1.165, 1.54) is 36.0 Å². The lowest BCUT2D eigenvalue weighted by molar-refractivity contribution is -0.384. The molecule has 2 heterocycles. The van der Waals surface area contributed by atoms with E-state index < -0.39 is 10.2 Å². The average Bonchev–Trinajstić information content (AvgIpc) is 3.24. The molecule has 0 saturated heterocycles. The Balaban J connectivity index is 1.57. The van der Waals surface area contributed by atoms with Crippen molar-refractivity contribution in [2.45, 2.75) is 17.3 Å². The van der Waals surface area contributed by atoms with Crippen LogP contribution >= 0.6 is 11.8 Å². The van der Waals surface area contributed by atoms with Crippen LogP contribution in [0.25, 0.3) is 17.1 Å². The minimum absolute atomic E-state index is 0.0377. The summed E-state index contributed by atoms with van der Waals surface area (Å²) in [6, 6.07) is 19.1. The zero-order valence-corrected chi connectivity index (χ0v) is 17.8. The molecule has 4 rings (SSSR count). The number of nitro benzene ring substituents is 1. The number of benzene rings is 2. The number of carbonyl (C=O) groups excluding carboxylic acids is 1. The van der Waals surface area contributed by atoms with Crippen molar-refractivity contribution in [1.29, 1.82) is 0 Å². The highest BCUT2D eigenvalue weighted by Crippen LogP contribution is 2.30. The van der Waals surface area contributed by atoms with E-state index in [2.05, 4.69) is 20.5 Å². The summed E-state index contributed by atoms with van der Waals surface area (Å²) in [4.78, 5) is 27.2. The Bertz CT molecular complexity index is 1230. The molecule has 0 radical (unpaired) electrons. The molecule has 2 aromatic carbocycles. The summed E-state index contributed by atoms with van der Waals surface area (Å²) >= 11 is 1.26. The van der Waals surface area contributed by atoms with Gasteiger partial charge in [-0.2, -0.15) is 0 Å². The minimum Gasteiger partial charge on any atom is -0.325 e. The zero-order valence-electron chi connectivity index (χ0n) is 17.0. The summed E-state index contributed by atoms with van der Waals surface area (Å²) in [5.41, 5.74) is 2.11. The molecule has 32 heavy (non-hydrogen) atoms. The third-order valence-electron chi connectivity index (χ3n) is 4.56. The zero-order chi connectivity index (χ0) is 22.5. The quantitative estimate of drug-likeness (QED) is 0.255. The molecule has 9 nitrogen and oxygen atoms in total. The van der Waals surface area contributed by atoms with Crippen LogP contribution in [0.1, 0.15) is 6.92 Å². The number of anilines is 1. The Kier molecular flexibility index (Phi) is 6.22. The summed E-state index contributed by atoms with van der Waals surface area (Å²) in [6.45, 7) is 1.76. The van der Waals surface area contributed by atoms with E-state index >= 15 is 0 Å². The lowest BCUT2D eigenvalue weighted by atomic mass is 10.2. The van der Waals surface area contributed by atoms with Gasteiger partial charge in [-0.15, -0.1) is 10.2 Å². The number of nitrogens with zero attached hydrogens (tertiary/aromatic N) is 5. The minimum atomic E-state index is -0.501. The van der Waals surface area contributed by atoms with Gasteiger partial charge in [0.25, 0.3) is 5.69 Å². The number of pyridine rings is 1. The second-order valence-corrected chi connectivity index (χ2v) is 8.08. The molecule has 0 aliphatic carbocycles. The van der Waals surface area contributed by atoms with E-state index in [-0.39, 0.29) is 11.6 Å². The highest BCUT2D eigenvalue weighted by molar-refractivity contribution is 8.00. The molecule has 0 aliphatic rings. The van der Waals surface area contributed by atoms with Crippen molar-refractivity contribution in [3.8, 4) is 17.1 Å². The van der Waals surface area contributed by atoms with Crippen molar-refractivity contribution in [1.82, 2.24) is 19.7 Å². The largest absolute Gasteiger partial charge is 0.325 e. The smallest absolute Gasteiger partial charge is 0.269 e. The lowest BCUT2D eigenvalue weighted by Crippen LogP contribution is -2.22. The van der Waals surface area contributed by atoms with Gasteiger partial charge in [-0.25, -0.2) is 0 Å². The molecular weight excluding hydrogens is 428 g/mol. The van der Waals surface area contributed by atoms with Gasteiger partial charge in [0.05, 0.1) is 10.2 Å².